The highest BCUT2D eigenvalue weighted by Crippen LogP contribution is 2.23. The Bertz CT molecular complexity index is 743. The third-order valence-corrected chi connectivity index (χ3v) is 3.84. The first kappa shape index (κ1) is 16.6. The summed E-state index contributed by atoms with van der Waals surface area (Å²) in [5, 5.41) is 11.8. The first-order chi connectivity index (χ1) is 11.1. The van der Waals surface area contributed by atoms with Gasteiger partial charge in [0.2, 0.25) is 0 Å². The van der Waals surface area contributed by atoms with Crippen molar-refractivity contribution in [3.05, 3.63) is 59.2 Å². The third kappa shape index (κ3) is 3.89. The Kier molecular flexibility index (Phi) is 5.37. The smallest absolute Gasteiger partial charge is 0.255 e. The van der Waals surface area contributed by atoms with Crippen molar-refractivity contribution in [2.45, 2.75) is 20.8 Å². The van der Waals surface area contributed by atoms with Gasteiger partial charge < -0.3 is 10.2 Å². The van der Waals surface area contributed by atoms with Gasteiger partial charge in [-0.3, -0.25) is 4.79 Å². The highest BCUT2D eigenvalue weighted by molar-refractivity contribution is 6.04. The molecule has 2 aromatic rings. The highest BCUT2D eigenvalue weighted by Gasteiger charge is 2.10. The standard InChI is InChI=1S/C19H21N3O/c1-4-22(5-2)17-9-10-18(14(3)11-17)21-19(23)16-8-6-7-15(12-16)13-20/h6-12H,4-5H2,1-3H3,(H,21,23). The van der Waals surface area contributed by atoms with Crippen LogP contribution in [-0.2, 0) is 0 Å². The lowest BCUT2D eigenvalue weighted by molar-refractivity contribution is 0.102. The van der Waals surface area contributed by atoms with Crippen molar-refractivity contribution in [3.63, 3.8) is 0 Å². The number of hydrogen-bond acceptors (Lipinski definition) is 3. The van der Waals surface area contributed by atoms with E-state index >= 15 is 0 Å². The highest BCUT2D eigenvalue weighted by atomic mass is 16.1. The van der Waals surface area contributed by atoms with E-state index in [0.717, 1.165) is 30.0 Å². The molecule has 1 amide bonds. The number of carbonyl (C=O) groups excluding carboxylic acids is 1. The predicted molar refractivity (Wildman–Crippen MR) is 93.9 cm³/mol. The Hall–Kier alpha value is -2.80. The molecule has 0 bridgehead atoms. The Morgan fingerprint density at radius 2 is 1.91 bits per heavy atom. The summed E-state index contributed by atoms with van der Waals surface area (Å²) >= 11 is 0. The van der Waals surface area contributed by atoms with Crippen LogP contribution >= 0.6 is 0 Å². The van der Waals surface area contributed by atoms with Crippen LogP contribution in [0.4, 0.5) is 11.4 Å². The zero-order valence-corrected chi connectivity index (χ0v) is 13.8. The third-order valence-electron chi connectivity index (χ3n) is 3.84. The van der Waals surface area contributed by atoms with Crippen LogP contribution < -0.4 is 10.2 Å². The second-order valence-electron chi connectivity index (χ2n) is 5.32. The molecule has 0 fully saturated rings. The van der Waals surface area contributed by atoms with E-state index in [-0.39, 0.29) is 5.91 Å². The second-order valence-corrected chi connectivity index (χ2v) is 5.32. The molecule has 0 aliphatic heterocycles. The van der Waals surface area contributed by atoms with Crippen LogP contribution in [0, 0.1) is 18.3 Å². The monoisotopic (exact) mass is 307 g/mol. The molecule has 23 heavy (non-hydrogen) atoms. The van der Waals surface area contributed by atoms with Gasteiger partial charge in [0.15, 0.2) is 0 Å². The van der Waals surface area contributed by atoms with Gasteiger partial charge in [-0.05, 0) is 62.7 Å². The van der Waals surface area contributed by atoms with Crippen LogP contribution in [0.2, 0.25) is 0 Å². The minimum atomic E-state index is -0.208. The number of nitrogens with one attached hydrogen (secondary N) is 1. The largest absolute Gasteiger partial charge is 0.372 e. The number of nitriles is 1. The predicted octanol–water partition coefficient (Wildman–Crippen LogP) is 3.97. The summed E-state index contributed by atoms with van der Waals surface area (Å²) in [5.74, 6) is -0.208. The van der Waals surface area contributed by atoms with Gasteiger partial charge in [-0.15, -0.1) is 0 Å². The van der Waals surface area contributed by atoms with E-state index < -0.39 is 0 Å². The molecule has 118 valence electrons. The van der Waals surface area contributed by atoms with E-state index in [2.05, 4.69) is 30.1 Å². The van der Waals surface area contributed by atoms with Gasteiger partial charge >= 0.3 is 0 Å². The topological polar surface area (TPSA) is 56.1 Å². The SMILES string of the molecule is CCN(CC)c1ccc(NC(=O)c2cccc(C#N)c2)c(C)c1. The van der Waals surface area contributed by atoms with Crippen LogP contribution in [0.25, 0.3) is 0 Å². The van der Waals surface area contributed by atoms with Crippen molar-refractivity contribution in [1.82, 2.24) is 0 Å². The number of aryl methyl sites for hydroxylation is 1. The molecule has 0 unspecified atom stereocenters. The molecular formula is C19H21N3O. The number of rotatable bonds is 5. The molecule has 4 nitrogen and oxygen atoms in total. The number of anilines is 2. The molecule has 2 aromatic carbocycles. The normalized spacial score (nSPS) is 10.0. The minimum Gasteiger partial charge on any atom is -0.372 e. The van der Waals surface area contributed by atoms with Crippen molar-refractivity contribution in [1.29, 1.82) is 5.26 Å². The average molecular weight is 307 g/mol. The van der Waals surface area contributed by atoms with Gasteiger partial charge in [0.25, 0.3) is 5.91 Å². The quantitative estimate of drug-likeness (QED) is 0.909. The molecule has 0 aliphatic rings. The van der Waals surface area contributed by atoms with Crippen molar-refractivity contribution in [3.8, 4) is 6.07 Å². The van der Waals surface area contributed by atoms with Crippen LogP contribution in [0.5, 0.6) is 0 Å². The number of hydrogen-bond donors (Lipinski definition) is 1. The molecule has 4 heteroatoms. The van der Waals surface area contributed by atoms with Crippen LogP contribution in [-0.4, -0.2) is 19.0 Å². The number of amides is 1. The van der Waals surface area contributed by atoms with E-state index in [1.165, 1.54) is 0 Å². The second kappa shape index (κ2) is 7.46. The fourth-order valence-electron chi connectivity index (χ4n) is 2.50. The average Bonchev–Trinajstić information content (AvgIpc) is 2.58. The molecule has 2 rings (SSSR count). The molecule has 0 spiro atoms. The Morgan fingerprint density at radius 1 is 1.17 bits per heavy atom. The van der Waals surface area contributed by atoms with E-state index in [1.807, 2.05) is 25.1 Å². The molecule has 1 N–H and O–H groups in total. The van der Waals surface area contributed by atoms with Crippen molar-refractivity contribution >= 4 is 17.3 Å². The lowest BCUT2D eigenvalue weighted by Gasteiger charge is -2.22. The molecule has 0 saturated carbocycles. The minimum absolute atomic E-state index is 0.208. The molecule has 0 radical (unpaired) electrons. The summed E-state index contributed by atoms with van der Waals surface area (Å²) in [7, 11) is 0. The van der Waals surface area contributed by atoms with E-state index in [0.29, 0.717) is 11.1 Å². The molecular weight excluding hydrogens is 286 g/mol. The van der Waals surface area contributed by atoms with Crippen LogP contribution in [0.3, 0.4) is 0 Å². The zero-order valence-electron chi connectivity index (χ0n) is 13.8. The van der Waals surface area contributed by atoms with E-state index in [4.69, 9.17) is 5.26 Å². The van der Waals surface area contributed by atoms with Crippen LogP contribution in [0.1, 0.15) is 35.3 Å². The fourth-order valence-corrected chi connectivity index (χ4v) is 2.50. The van der Waals surface area contributed by atoms with Gasteiger partial charge in [0, 0.05) is 30.0 Å². The molecule has 0 heterocycles. The van der Waals surface area contributed by atoms with Gasteiger partial charge in [0.05, 0.1) is 11.6 Å². The number of benzene rings is 2. The number of carbonyl (C=O) groups is 1. The maximum atomic E-state index is 12.3. The first-order valence-corrected chi connectivity index (χ1v) is 7.76. The van der Waals surface area contributed by atoms with Gasteiger partial charge in [-0.2, -0.15) is 5.26 Å². The summed E-state index contributed by atoms with van der Waals surface area (Å²) in [4.78, 5) is 14.6. The fraction of sp³-hybridized carbons (Fsp3) is 0.263. The Labute approximate surface area is 137 Å². The lowest BCUT2D eigenvalue weighted by atomic mass is 10.1. The molecule has 0 aromatic heterocycles. The van der Waals surface area contributed by atoms with Crippen molar-refractivity contribution in [2.75, 3.05) is 23.3 Å². The summed E-state index contributed by atoms with van der Waals surface area (Å²) in [6.07, 6.45) is 0. The lowest BCUT2D eigenvalue weighted by Crippen LogP contribution is -2.22. The van der Waals surface area contributed by atoms with E-state index in [1.54, 1.807) is 24.3 Å². The van der Waals surface area contributed by atoms with E-state index in [9.17, 15) is 4.79 Å². The number of nitrogens with zero attached hydrogens (tertiary/aromatic N) is 2. The molecule has 0 aliphatic carbocycles. The van der Waals surface area contributed by atoms with Crippen LogP contribution in [0.15, 0.2) is 42.5 Å². The maximum Gasteiger partial charge on any atom is 0.255 e. The zero-order chi connectivity index (χ0) is 16.8. The Morgan fingerprint density at radius 3 is 2.52 bits per heavy atom. The van der Waals surface area contributed by atoms with Crippen molar-refractivity contribution in [2.24, 2.45) is 0 Å². The van der Waals surface area contributed by atoms with Gasteiger partial charge in [-0.1, -0.05) is 6.07 Å². The summed E-state index contributed by atoms with van der Waals surface area (Å²) in [6.45, 7) is 8.12. The summed E-state index contributed by atoms with van der Waals surface area (Å²) < 4.78 is 0. The van der Waals surface area contributed by atoms with Gasteiger partial charge in [0.1, 0.15) is 0 Å². The summed E-state index contributed by atoms with van der Waals surface area (Å²) in [5.41, 5.74) is 3.91. The Balaban J connectivity index is 2.20. The first-order valence-electron chi connectivity index (χ1n) is 7.76. The maximum absolute atomic E-state index is 12.3. The van der Waals surface area contributed by atoms with Gasteiger partial charge in [-0.25, -0.2) is 0 Å². The summed E-state index contributed by atoms with van der Waals surface area (Å²) in [6, 6.07) is 14.8. The molecule has 0 saturated heterocycles. The van der Waals surface area contributed by atoms with Crippen molar-refractivity contribution < 1.29 is 4.79 Å². The molecule has 0 atom stereocenters.